The van der Waals surface area contributed by atoms with Crippen LogP contribution in [0.1, 0.15) is 43.4 Å². The van der Waals surface area contributed by atoms with Gasteiger partial charge in [-0.05, 0) is 46.2 Å². The van der Waals surface area contributed by atoms with Crippen LogP contribution in [-0.4, -0.2) is 25.6 Å². The fourth-order valence-corrected chi connectivity index (χ4v) is 2.45. The van der Waals surface area contributed by atoms with Crippen molar-refractivity contribution in [1.29, 1.82) is 0 Å². The average molecular weight is 276 g/mol. The second-order valence-electron chi connectivity index (χ2n) is 5.44. The van der Waals surface area contributed by atoms with Crippen LogP contribution in [0.2, 0.25) is 0 Å². The molecule has 0 spiro atoms. The largest absolute Gasteiger partial charge is 0.480 e. The number of rotatable bonds is 4. The molecule has 4 nitrogen and oxygen atoms in total. The van der Waals surface area contributed by atoms with Crippen molar-refractivity contribution in [2.45, 2.75) is 45.3 Å². The summed E-state index contributed by atoms with van der Waals surface area (Å²) >= 11 is 0. The summed E-state index contributed by atoms with van der Waals surface area (Å²) in [6.07, 6.45) is 2.46. The molecule has 110 valence electrons. The van der Waals surface area contributed by atoms with Gasteiger partial charge < -0.3 is 15.4 Å². The van der Waals surface area contributed by atoms with E-state index in [9.17, 15) is 4.79 Å². The molecule has 1 aromatic carbocycles. The predicted molar refractivity (Wildman–Crippen MR) is 79.9 cm³/mol. The van der Waals surface area contributed by atoms with Gasteiger partial charge >= 0.3 is 0 Å². The number of hydrogen-bond acceptors (Lipinski definition) is 3. The maximum Gasteiger partial charge on any atom is 0.261 e. The van der Waals surface area contributed by atoms with Crippen molar-refractivity contribution in [1.82, 2.24) is 10.6 Å². The van der Waals surface area contributed by atoms with Gasteiger partial charge in [0.05, 0.1) is 0 Å². The lowest BCUT2D eigenvalue weighted by molar-refractivity contribution is -0.127. The van der Waals surface area contributed by atoms with Crippen molar-refractivity contribution >= 4 is 5.91 Å². The zero-order chi connectivity index (χ0) is 14.5. The van der Waals surface area contributed by atoms with Crippen LogP contribution in [0.25, 0.3) is 0 Å². The summed E-state index contributed by atoms with van der Waals surface area (Å²) in [5.41, 5.74) is 2.30. The number of nitrogens with one attached hydrogen (secondary N) is 2. The summed E-state index contributed by atoms with van der Waals surface area (Å²) in [6, 6.07) is 6.30. The second kappa shape index (κ2) is 6.75. The van der Waals surface area contributed by atoms with Crippen LogP contribution < -0.4 is 15.4 Å². The van der Waals surface area contributed by atoms with E-state index < -0.39 is 0 Å². The third-order valence-corrected chi connectivity index (χ3v) is 3.82. The molecule has 1 aliphatic heterocycles. The fraction of sp³-hybridized carbons (Fsp3) is 0.562. The van der Waals surface area contributed by atoms with Gasteiger partial charge in [-0.1, -0.05) is 17.7 Å². The quantitative estimate of drug-likeness (QED) is 0.887. The van der Waals surface area contributed by atoms with E-state index >= 15 is 0 Å². The number of amides is 1. The minimum Gasteiger partial charge on any atom is -0.480 e. The molecule has 1 fully saturated rings. The summed E-state index contributed by atoms with van der Waals surface area (Å²) < 4.78 is 6.00. The minimum atomic E-state index is -0.372. The lowest BCUT2D eigenvalue weighted by Crippen LogP contribution is -2.36. The first-order valence-electron chi connectivity index (χ1n) is 7.34. The second-order valence-corrected chi connectivity index (χ2v) is 5.44. The van der Waals surface area contributed by atoms with Gasteiger partial charge in [-0.3, -0.25) is 4.79 Å². The van der Waals surface area contributed by atoms with Crippen molar-refractivity contribution in [2.75, 3.05) is 13.6 Å². The van der Waals surface area contributed by atoms with E-state index in [-0.39, 0.29) is 18.1 Å². The van der Waals surface area contributed by atoms with Gasteiger partial charge in [-0.25, -0.2) is 0 Å². The summed E-state index contributed by atoms with van der Waals surface area (Å²) in [5, 5.41) is 6.14. The number of ether oxygens (including phenoxy) is 1. The molecule has 0 aliphatic carbocycles. The molecule has 2 unspecified atom stereocenters. The van der Waals surface area contributed by atoms with Crippen LogP contribution in [0.15, 0.2) is 18.2 Å². The number of aryl methyl sites for hydroxylation is 1. The van der Waals surface area contributed by atoms with Gasteiger partial charge in [0.1, 0.15) is 5.75 Å². The van der Waals surface area contributed by atoms with Crippen molar-refractivity contribution in [3.8, 4) is 5.75 Å². The Kier molecular flexibility index (Phi) is 5.01. The first-order valence-corrected chi connectivity index (χ1v) is 7.34. The third kappa shape index (κ3) is 3.51. The minimum absolute atomic E-state index is 0.00568. The molecular formula is C16H24N2O2. The molecule has 1 aliphatic rings. The lowest BCUT2D eigenvalue weighted by Gasteiger charge is -2.21. The Hall–Kier alpha value is -1.55. The molecule has 0 bridgehead atoms. The molecule has 2 rings (SSSR count). The summed E-state index contributed by atoms with van der Waals surface area (Å²) in [7, 11) is 1.93. The van der Waals surface area contributed by atoms with Crippen molar-refractivity contribution < 1.29 is 9.53 Å². The molecule has 1 amide bonds. The molecule has 2 N–H and O–H groups in total. The molecule has 1 saturated heterocycles. The van der Waals surface area contributed by atoms with Gasteiger partial charge in [-0.15, -0.1) is 0 Å². The monoisotopic (exact) mass is 276 g/mol. The van der Waals surface area contributed by atoms with Crippen molar-refractivity contribution in [3.63, 3.8) is 0 Å². The third-order valence-electron chi connectivity index (χ3n) is 3.82. The summed E-state index contributed by atoms with van der Waals surface area (Å²) in [6.45, 7) is 4.91. The first-order chi connectivity index (χ1) is 9.61. The van der Waals surface area contributed by atoms with Crippen LogP contribution >= 0.6 is 0 Å². The molecular weight excluding hydrogens is 252 g/mol. The molecule has 20 heavy (non-hydrogen) atoms. The standard InChI is InChI=1S/C16H24N2O2/c1-11-7-8-14(13(10-11)12(2)17-3)20-15-6-4-5-9-18-16(15)19/h7-8,10,12,15,17H,4-6,9H2,1-3H3,(H,18,19). The maximum atomic E-state index is 12.0. The van der Waals surface area contributed by atoms with E-state index in [1.807, 2.05) is 19.2 Å². The molecule has 4 heteroatoms. The topological polar surface area (TPSA) is 50.4 Å². The average Bonchev–Trinajstić information content (AvgIpc) is 2.65. The zero-order valence-electron chi connectivity index (χ0n) is 12.5. The molecule has 1 heterocycles. The van der Waals surface area contributed by atoms with E-state index in [1.165, 1.54) is 5.56 Å². The highest BCUT2D eigenvalue weighted by Crippen LogP contribution is 2.28. The van der Waals surface area contributed by atoms with E-state index in [2.05, 4.69) is 30.5 Å². The van der Waals surface area contributed by atoms with E-state index in [1.54, 1.807) is 0 Å². The van der Waals surface area contributed by atoms with Crippen LogP contribution in [0, 0.1) is 6.92 Å². The highest BCUT2D eigenvalue weighted by atomic mass is 16.5. The highest BCUT2D eigenvalue weighted by Gasteiger charge is 2.23. The van der Waals surface area contributed by atoms with Crippen LogP contribution in [0.4, 0.5) is 0 Å². The first kappa shape index (κ1) is 14.9. The van der Waals surface area contributed by atoms with E-state index in [4.69, 9.17) is 4.74 Å². The van der Waals surface area contributed by atoms with Crippen molar-refractivity contribution in [2.24, 2.45) is 0 Å². The van der Waals surface area contributed by atoms with E-state index in [0.29, 0.717) is 0 Å². The zero-order valence-corrected chi connectivity index (χ0v) is 12.5. The molecule has 0 saturated carbocycles. The van der Waals surface area contributed by atoms with Crippen LogP contribution in [0.3, 0.4) is 0 Å². The molecule has 0 aromatic heterocycles. The Balaban J connectivity index is 2.21. The molecule has 0 radical (unpaired) electrons. The van der Waals surface area contributed by atoms with E-state index in [0.717, 1.165) is 37.1 Å². The Labute approximate surface area is 120 Å². The smallest absolute Gasteiger partial charge is 0.261 e. The van der Waals surface area contributed by atoms with Gasteiger partial charge in [0.2, 0.25) is 0 Å². The predicted octanol–water partition coefficient (Wildman–Crippen LogP) is 2.32. The normalized spacial score (nSPS) is 20.9. The van der Waals surface area contributed by atoms with Crippen molar-refractivity contribution in [3.05, 3.63) is 29.3 Å². The van der Waals surface area contributed by atoms with Gasteiger partial charge in [0, 0.05) is 18.2 Å². The maximum absolute atomic E-state index is 12.0. The summed E-state index contributed by atoms with van der Waals surface area (Å²) in [5.74, 6) is 0.811. The Bertz CT molecular complexity index is 474. The van der Waals surface area contributed by atoms with Gasteiger partial charge in [0.25, 0.3) is 5.91 Å². The number of carbonyl (C=O) groups excluding carboxylic acids is 1. The highest BCUT2D eigenvalue weighted by molar-refractivity contribution is 5.81. The Morgan fingerprint density at radius 2 is 2.20 bits per heavy atom. The molecule has 2 atom stereocenters. The van der Waals surface area contributed by atoms with Gasteiger partial charge in [0.15, 0.2) is 6.10 Å². The number of carbonyl (C=O) groups is 1. The molecule has 1 aromatic rings. The number of benzene rings is 1. The van der Waals surface area contributed by atoms with Crippen LogP contribution in [-0.2, 0) is 4.79 Å². The Morgan fingerprint density at radius 1 is 1.40 bits per heavy atom. The lowest BCUT2D eigenvalue weighted by atomic mass is 10.0. The van der Waals surface area contributed by atoms with Gasteiger partial charge in [-0.2, -0.15) is 0 Å². The number of hydrogen-bond donors (Lipinski definition) is 2. The summed E-state index contributed by atoms with van der Waals surface area (Å²) in [4.78, 5) is 12.0. The Morgan fingerprint density at radius 3 is 2.95 bits per heavy atom. The van der Waals surface area contributed by atoms with Crippen LogP contribution in [0.5, 0.6) is 5.75 Å². The fourth-order valence-electron chi connectivity index (χ4n) is 2.45. The SMILES string of the molecule is CNC(C)c1cc(C)ccc1OC1CCCCNC1=O.